The summed E-state index contributed by atoms with van der Waals surface area (Å²) < 4.78 is 5.39. The fourth-order valence-corrected chi connectivity index (χ4v) is 2.93. The summed E-state index contributed by atoms with van der Waals surface area (Å²) in [6.45, 7) is 5.35. The van der Waals surface area contributed by atoms with Crippen molar-refractivity contribution in [3.05, 3.63) is 70.8 Å². The molecule has 4 nitrogen and oxygen atoms in total. The van der Waals surface area contributed by atoms with Crippen LogP contribution in [-0.4, -0.2) is 24.1 Å². The first-order valence-corrected chi connectivity index (χ1v) is 8.51. The lowest BCUT2D eigenvalue weighted by atomic mass is 10.0. The Bertz CT molecular complexity index is 682. The van der Waals surface area contributed by atoms with E-state index in [-0.39, 0.29) is 6.03 Å². The first-order chi connectivity index (χ1) is 11.8. The van der Waals surface area contributed by atoms with Crippen LogP contribution in [0, 0.1) is 0 Å². The summed E-state index contributed by atoms with van der Waals surface area (Å²) in [5.74, 6) is 0. The highest BCUT2D eigenvalue weighted by atomic mass is 16.5. The number of nitrogens with one attached hydrogen (secondary N) is 1. The van der Waals surface area contributed by atoms with Crippen molar-refractivity contribution in [3.8, 4) is 0 Å². The summed E-state index contributed by atoms with van der Waals surface area (Å²) in [4.78, 5) is 14.3. The van der Waals surface area contributed by atoms with Crippen molar-refractivity contribution in [1.29, 1.82) is 0 Å². The molecule has 1 N–H and O–H groups in total. The van der Waals surface area contributed by atoms with Crippen LogP contribution in [0.3, 0.4) is 0 Å². The van der Waals surface area contributed by atoms with E-state index >= 15 is 0 Å². The van der Waals surface area contributed by atoms with Crippen molar-refractivity contribution in [1.82, 2.24) is 10.2 Å². The highest BCUT2D eigenvalue weighted by molar-refractivity contribution is 5.74. The molecule has 24 heavy (non-hydrogen) atoms. The van der Waals surface area contributed by atoms with Gasteiger partial charge in [-0.05, 0) is 35.6 Å². The molecule has 0 aromatic heterocycles. The molecular formula is C20H24N2O2. The molecule has 1 heterocycles. The second-order valence-corrected chi connectivity index (χ2v) is 6.05. The molecule has 126 valence electrons. The number of carbonyl (C=O) groups excluding carboxylic acids is 1. The first kappa shape index (κ1) is 16.5. The molecule has 0 aliphatic carbocycles. The van der Waals surface area contributed by atoms with Gasteiger partial charge < -0.3 is 15.0 Å². The minimum atomic E-state index is 0.00268. The number of hydrogen-bond acceptors (Lipinski definition) is 2. The van der Waals surface area contributed by atoms with E-state index in [1.165, 1.54) is 11.1 Å². The Morgan fingerprint density at radius 2 is 1.79 bits per heavy atom. The Hall–Kier alpha value is -2.33. The maximum atomic E-state index is 12.4. The number of ether oxygens (including phenoxy) is 1. The predicted molar refractivity (Wildman–Crippen MR) is 94.6 cm³/mol. The molecule has 2 aromatic carbocycles. The van der Waals surface area contributed by atoms with Crippen LogP contribution in [0.1, 0.15) is 29.2 Å². The zero-order valence-electron chi connectivity index (χ0n) is 14.1. The SMILES string of the molecule is CCOCc1ccc(CNC(=O)N2CCc3ccccc3C2)cc1. The number of hydrogen-bond donors (Lipinski definition) is 1. The number of urea groups is 1. The third-order valence-corrected chi connectivity index (χ3v) is 4.36. The van der Waals surface area contributed by atoms with Crippen LogP contribution in [0.2, 0.25) is 0 Å². The van der Waals surface area contributed by atoms with Crippen LogP contribution in [0.25, 0.3) is 0 Å². The molecule has 0 radical (unpaired) electrons. The van der Waals surface area contributed by atoms with Crippen LogP contribution in [0.15, 0.2) is 48.5 Å². The van der Waals surface area contributed by atoms with Crippen molar-refractivity contribution >= 4 is 6.03 Å². The Morgan fingerprint density at radius 3 is 2.54 bits per heavy atom. The molecule has 0 fully saturated rings. The third-order valence-electron chi connectivity index (χ3n) is 4.36. The van der Waals surface area contributed by atoms with E-state index in [0.29, 0.717) is 19.7 Å². The van der Waals surface area contributed by atoms with Crippen molar-refractivity contribution in [3.63, 3.8) is 0 Å². The van der Waals surface area contributed by atoms with E-state index in [1.54, 1.807) is 0 Å². The van der Waals surface area contributed by atoms with Crippen LogP contribution in [0.5, 0.6) is 0 Å². The fraction of sp³-hybridized carbons (Fsp3) is 0.350. The van der Waals surface area contributed by atoms with Crippen LogP contribution in [-0.2, 0) is 30.9 Å². The number of nitrogens with zero attached hydrogens (tertiary/aromatic N) is 1. The summed E-state index contributed by atoms with van der Waals surface area (Å²) in [5, 5.41) is 3.02. The van der Waals surface area contributed by atoms with Gasteiger partial charge in [0.2, 0.25) is 0 Å². The largest absolute Gasteiger partial charge is 0.377 e. The van der Waals surface area contributed by atoms with E-state index in [4.69, 9.17) is 4.74 Å². The van der Waals surface area contributed by atoms with Gasteiger partial charge >= 0.3 is 6.03 Å². The summed E-state index contributed by atoms with van der Waals surface area (Å²) in [6.07, 6.45) is 0.926. The zero-order valence-corrected chi connectivity index (χ0v) is 14.1. The summed E-state index contributed by atoms with van der Waals surface area (Å²) in [6, 6.07) is 16.5. The van der Waals surface area contributed by atoms with Gasteiger partial charge in [-0.15, -0.1) is 0 Å². The molecule has 3 rings (SSSR count). The first-order valence-electron chi connectivity index (χ1n) is 8.51. The summed E-state index contributed by atoms with van der Waals surface area (Å²) in [5.41, 5.74) is 4.85. The maximum Gasteiger partial charge on any atom is 0.317 e. The van der Waals surface area contributed by atoms with E-state index in [0.717, 1.165) is 30.7 Å². The lowest BCUT2D eigenvalue weighted by molar-refractivity contribution is 0.134. The molecule has 0 saturated carbocycles. The normalized spacial score (nSPS) is 13.5. The molecule has 4 heteroatoms. The molecule has 0 spiro atoms. The Balaban J connectivity index is 1.51. The van der Waals surface area contributed by atoms with Gasteiger partial charge in [-0.2, -0.15) is 0 Å². The standard InChI is InChI=1S/C20H24N2O2/c1-2-24-15-17-9-7-16(8-10-17)13-21-20(23)22-12-11-18-5-3-4-6-19(18)14-22/h3-10H,2,11-15H2,1H3,(H,21,23). The van der Waals surface area contributed by atoms with Crippen LogP contribution < -0.4 is 5.32 Å². The van der Waals surface area contributed by atoms with Gasteiger partial charge in [-0.3, -0.25) is 0 Å². The summed E-state index contributed by atoms with van der Waals surface area (Å²) in [7, 11) is 0. The number of benzene rings is 2. The molecular weight excluding hydrogens is 300 g/mol. The van der Waals surface area contributed by atoms with E-state index in [9.17, 15) is 4.79 Å². The van der Waals surface area contributed by atoms with Crippen molar-refractivity contribution in [2.45, 2.75) is 33.0 Å². The number of carbonyl (C=O) groups is 1. The van der Waals surface area contributed by atoms with Gasteiger partial charge in [-0.25, -0.2) is 4.79 Å². The van der Waals surface area contributed by atoms with Gasteiger partial charge in [-0.1, -0.05) is 48.5 Å². The lowest BCUT2D eigenvalue weighted by Crippen LogP contribution is -2.42. The Labute approximate surface area is 143 Å². The van der Waals surface area contributed by atoms with Crippen molar-refractivity contribution in [2.75, 3.05) is 13.2 Å². The molecule has 2 amide bonds. The van der Waals surface area contributed by atoms with Crippen molar-refractivity contribution < 1.29 is 9.53 Å². The van der Waals surface area contributed by atoms with Gasteiger partial charge in [0.25, 0.3) is 0 Å². The molecule has 0 unspecified atom stereocenters. The van der Waals surface area contributed by atoms with E-state index in [1.807, 2.05) is 42.2 Å². The average Bonchev–Trinajstić information content (AvgIpc) is 2.65. The molecule has 1 aliphatic rings. The second-order valence-electron chi connectivity index (χ2n) is 6.05. The smallest absolute Gasteiger partial charge is 0.317 e. The van der Waals surface area contributed by atoms with Crippen LogP contribution >= 0.6 is 0 Å². The van der Waals surface area contributed by atoms with E-state index < -0.39 is 0 Å². The maximum absolute atomic E-state index is 12.4. The minimum Gasteiger partial charge on any atom is -0.377 e. The fourth-order valence-electron chi connectivity index (χ4n) is 2.93. The number of amides is 2. The molecule has 1 aliphatic heterocycles. The van der Waals surface area contributed by atoms with Gasteiger partial charge in [0, 0.05) is 26.2 Å². The van der Waals surface area contributed by atoms with Gasteiger partial charge in [0.1, 0.15) is 0 Å². The van der Waals surface area contributed by atoms with E-state index in [2.05, 4.69) is 23.5 Å². The monoisotopic (exact) mass is 324 g/mol. The highest BCUT2D eigenvalue weighted by Gasteiger charge is 2.19. The molecule has 0 atom stereocenters. The Kier molecular flexibility index (Phi) is 5.49. The predicted octanol–water partition coefficient (Wildman–Crippen LogP) is 3.49. The van der Waals surface area contributed by atoms with Gasteiger partial charge in [0.05, 0.1) is 6.61 Å². The molecule has 0 bridgehead atoms. The summed E-state index contributed by atoms with van der Waals surface area (Å²) >= 11 is 0. The van der Waals surface area contributed by atoms with Gasteiger partial charge in [0.15, 0.2) is 0 Å². The number of rotatable bonds is 5. The lowest BCUT2D eigenvalue weighted by Gasteiger charge is -2.29. The molecule has 2 aromatic rings. The minimum absolute atomic E-state index is 0.00268. The number of fused-ring (bicyclic) bond motifs is 1. The molecule has 0 saturated heterocycles. The second kappa shape index (κ2) is 7.97. The highest BCUT2D eigenvalue weighted by Crippen LogP contribution is 2.18. The third kappa shape index (κ3) is 4.15. The quantitative estimate of drug-likeness (QED) is 0.915. The van der Waals surface area contributed by atoms with Crippen molar-refractivity contribution in [2.24, 2.45) is 0 Å². The topological polar surface area (TPSA) is 41.6 Å². The van der Waals surface area contributed by atoms with Crippen LogP contribution in [0.4, 0.5) is 4.79 Å². The average molecular weight is 324 g/mol. The Morgan fingerprint density at radius 1 is 1.08 bits per heavy atom. The zero-order chi connectivity index (χ0) is 16.8.